The van der Waals surface area contributed by atoms with Gasteiger partial charge in [-0.2, -0.15) is 0 Å². The molecule has 0 radical (unpaired) electrons. The number of hydrogen-bond acceptors (Lipinski definition) is 1. The third-order valence-electron chi connectivity index (χ3n) is 3.79. The molecule has 1 saturated carbocycles. The summed E-state index contributed by atoms with van der Waals surface area (Å²) in [6, 6.07) is 8.88. The van der Waals surface area contributed by atoms with Crippen molar-refractivity contribution in [1.29, 1.82) is 0 Å². The predicted molar refractivity (Wildman–Crippen MR) is 68.2 cm³/mol. The van der Waals surface area contributed by atoms with Crippen LogP contribution in [0.25, 0.3) is 5.70 Å². The molecule has 1 aliphatic carbocycles. The quantitative estimate of drug-likeness (QED) is 0.695. The van der Waals surface area contributed by atoms with Crippen LogP contribution in [0.3, 0.4) is 0 Å². The zero-order valence-corrected chi connectivity index (χ0v) is 9.76. The van der Waals surface area contributed by atoms with Crippen LogP contribution >= 0.6 is 0 Å². The van der Waals surface area contributed by atoms with Gasteiger partial charge in [0, 0.05) is 17.8 Å². The molecule has 1 heteroatoms. The summed E-state index contributed by atoms with van der Waals surface area (Å²) in [6.45, 7) is 1.11. The van der Waals surface area contributed by atoms with E-state index in [4.69, 9.17) is 0 Å². The Labute approximate surface area is 97.6 Å². The fourth-order valence-electron chi connectivity index (χ4n) is 2.94. The molecule has 1 fully saturated rings. The minimum atomic E-state index is 1.11. The van der Waals surface area contributed by atoms with E-state index in [-0.39, 0.29) is 0 Å². The van der Waals surface area contributed by atoms with E-state index in [0.29, 0.717) is 0 Å². The molecule has 1 aromatic carbocycles. The largest absolute Gasteiger partial charge is 0.384 e. The summed E-state index contributed by atoms with van der Waals surface area (Å²) >= 11 is 0. The van der Waals surface area contributed by atoms with Crippen molar-refractivity contribution >= 4 is 5.70 Å². The summed E-state index contributed by atoms with van der Waals surface area (Å²) in [6.07, 6.45) is 7.95. The first kappa shape index (κ1) is 9.95. The molecular formula is C15H19N. The van der Waals surface area contributed by atoms with E-state index in [2.05, 4.69) is 29.6 Å². The van der Waals surface area contributed by atoms with Gasteiger partial charge in [-0.1, -0.05) is 30.7 Å². The van der Waals surface area contributed by atoms with Crippen molar-refractivity contribution in [1.82, 2.24) is 5.32 Å². The maximum atomic E-state index is 3.62. The van der Waals surface area contributed by atoms with E-state index >= 15 is 0 Å². The Hall–Kier alpha value is -1.24. The highest BCUT2D eigenvalue weighted by atomic mass is 14.9. The van der Waals surface area contributed by atoms with Gasteiger partial charge in [0.25, 0.3) is 0 Å². The van der Waals surface area contributed by atoms with E-state index in [1.807, 2.05) is 0 Å². The lowest BCUT2D eigenvalue weighted by atomic mass is 9.88. The number of hydrogen-bond donors (Lipinski definition) is 1. The van der Waals surface area contributed by atoms with Gasteiger partial charge in [-0.15, -0.1) is 0 Å². The van der Waals surface area contributed by atoms with Gasteiger partial charge >= 0.3 is 0 Å². The van der Waals surface area contributed by atoms with Gasteiger partial charge in [0.2, 0.25) is 0 Å². The first-order valence-corrected chi connectivity index (χ1v) is 6.49. The Morgan fingerprint density at radius 3 is 2.56 bits per heavy atom. The third-order valence-corrected chi connectivity index (χ3v) is 3.79. The normalized spacial score (nSPS) is 20.2. The average molecular weight is 213 g/mol. The molecule has 1 aliphatic heterocycles. The van der Waals surface area contributed by atoms with Crippen molar-refractivity contribution in [2.45, 2.75) is 38.5 Å². The molecule has 84 valence electrons. The number of fused-ring (bicyclic) bond motifs is 1. The summed E-state index contributed by atoms with van der Waals surface area (Å²) in [5.74, 6) is 0. The Morgan fingerprint density at radius 1 is 0.875 bits per heavy atom. The average Bonchev–Trinajstić information content (AvgIpc) is 2.39. The first-order chi connectivity index (χ1) is 7.95. The lowest BCUT2D eigenvalue weighted by Gasteiger charge is -2.26. The van der Waals surface area contributed by atoms with Crippen molar-refractivity contribution < 1.29 is 0 Å². The molecule has 0 aromatic heterocycles. The summed E-state index contributed by atoms with van der Waals surface area (Å²) in [5.41, 5.74) is 6.11. The highest BCUT2D eigenvalue weighted by Gasteiger charge is 2.17. The van der Waals surface area contributed by atoms with Crippen LogP contribution in [0.4, 0.5) is 0 Å². The lowest BCUT2D eigenvalue weighted by Crippen LogP contribution is -2.24. The smallest absolute Gasteiger partial charge is 0.0408 e. The highest BCUT2D eigenvalue weighted by Crippen LogP contribution is 2.32. The predicted octanol–water partition coefficient (Wildman–Crippen LogP) is 3.51. The monoisotopic (exact) mass is 213 g/mol. The molecule has 16 heavy (non-hydrogen) atoms. The minimum absolute atomic E-state index is 1.11. The summed E-state index contributed by atoms with van der Waals surface area (Å²) in [7, 11) is 0. The number of nitrogens with one attached hydrogen (secondary N) is 1. The minimum Gasteiger partial charge on any atom is -0.384 e. The first-order valence-electron chi connectivity index (χ1n) is 6.49. The zero-order chi connectivity index (χ0) is 10.8. The maximum absolute atomic E-state index is 3.62. The SMILES string of the molecule is c1ccc2c(c1)CCNC2=C1CCCCC1. The van der Waals surface area contributed by atoms with Gasteiger partial charge in [-0.25, -0.2) is 0 Å². The second-order valence-corrected chi connectivity index (χ2v) is 4.87. The number of allylic oxidation sites excluding steroid dienone is 1. The highest BCUT2D eigenvalue weighted by molar-refractivity contribution is 5.71. The third kappa shape index (κ3) is 1.75. The van der Waals surface area contributed by atoms with Crippen LogP contribution < -0.4 is 5.32 Å². The number of benzene rings is 1. The van der Waals surface area contributed by atoms with Crippen LogP contribution in [0, 0.1) is 0 Å². The summed E-state index contributed by atoms with van der Waals surface area (Å²) < 4.78 is 0. The molecular weight excluding hydrogens is 194 g/mol. The Kier molecular flexibility index (Phi) is 2.69. The van der Waals surface area contributed by atoms with Gasteiger partial charge in [-0.05, 0) is 43.2 Å². The van der Waals surface area contributed by atoms with Crippen molar-refractivity contribution in [2.75, 3.05) is 6.54 Å². The standard InChI is InChI=1S/C15H19N/c1-2-7-13(8-3-1)15-14-9-5-4-6-12(14)10-11-16-15/h4-6,9,16H,1-3,7-8,10-11H2. The molecule has 0 atom stereocenters. The summed E-state index contributed by atoms with van der Waals surface area (Å²) in [5, 5.41) is 3.62. The molecule has 1 heterocycles. The Bertz CT molecular complexity index is 409. The Morgan fingerprint density at radius 2 is 1.69 bits per heavy atom. The number of rotatable bonds is 0. The van der Waals surface area contributed by atoms with Crippen molar-refractivity contribution in [2.24, 2.45) is 0 Å². The van der Waals surface area contributed by atoms with Gasteiger partial charge in [0.1, 0.15) is 0 Å². The van der Waals surface area contributed by atoms with E-state index in [9.17, 15) is 0 Å². The van der Waals surface area contributed by atoms with Crippen LogP contribution in [-0.4, -0.2) is 6.54 Å². The van der Waals surface area contributed by atoms with Crippen LogP contribution in [-0.2, 0) is 6.42 Å². The maximum Gasteiger partial charge on any atom is 0.0408 e. The molecule has 3 rings (SSSR count). The molecule has 2 aliphatic rings. The van der Waals surface area contributed by atoms with Crippen molar-refractivity contribution in [3.63, 3.8) is 0 Å². The second kappa shape index (κ2) is 4.32. The Balaban J connectivity index is 2.03. The molecule has 0 spiro atoms. The van der Waals surface area contributed by atoms with Gasteiger partial charge in [0.15, 0.2) is 0 Å². The van der Waals surface area contributed by atoms with Crippen LogP contribution in [0.5, 0.6) is 0 Å². The van der Waals surface area contributed by atoms with Crippen LogP contribution in [0.15, 0.2) is 29.8 Å². The fraction of sp³-hybridized carbons (Fsp3) is 0.467. The fourth-order valence-corrected chi connectivity index (χ4v) is 2.94. The molecule has 0 unspecified atom stereocenters. The van der Waals surface area contributed by atoms with Crippen LogP contribution in [0.2, 0.25) is 0 Å². The second-order valence-electron chi connectivity index (χ2n) is 4.87. The van der Waals surface area contributed by atoms with Gasteiger partial charge < -0.3 is 5.32 Å². The summed E-state index contributed by atoms with van der Waals surface area (Å²) in [4.78, 5) is 0. The lowest BCUT2D eigenvalue weighted by molar-refractivity contribution is 0.595. The van der Waals surface area contributed by atoms with Crippen LogP contribution in [0.1, 0.15) is 43.2 Å². The molecule has 1 N–H and O–H groups in total. The zero-order valence-electron chi connectivity index (χ0n) is 9.76. The van der Waals surface area contributed by atoms with E-state index in [1.165, 1.54) is 55.3 Å². The van der Waals surface area contributed by atoms with Crippen molar-refractivity contribution in [3.05, 3.63) is 41.0 Å². The van der Waals surface area contributed by atoms with Gasteiger partial charge in [0.05, 0.1) is 0 Å². The molecule has 0 saturated heterocycles. The molecule has 1 aromatic rings. The van der Waals surface area contributed by atoms with E-state index in [0.717, 1.165) is 6.54 Å². The van der Waals surface area contributed by atoms with E-state index in [1.54, 1.807) is 5.57 Å². The topological polar surface area (TPSA) is 12.0 Å². The van der Waals surface area contributed by atoms with E-state index < -0.39 is 0 Å². The van der Waals surface area contributed by atoms with Crippen molar-refractivity contribution in [3.8, 4) is 0 Å². The van der Waals surface area contributed by atoms with Gasteiger partial charge in [-0.3, -0.25) is 0 Å². The molecule has 0 amide bonds. The molecule has 1 nitrogen and oxygen atoms in total. The molecule has 0 bridgehead atoms.